The molecule has 0 atom stereocenters. The van der Waals surface area contributed by atoms with Gasteiger partial charge in [0.25, 0.3) is 0 Å². The molecule has 0 aliphatic carbocycles. The molecule has 1 heterocycles. The number of methoxy groups -OCH3 is 2. The molecule has 2 rings (SSSR count). The Bertz CT molecular complexity index is 794. The number of ether oxygens (including phenoxy) is 2. The van der Waals surface area contributed by atoms with Crippen molar-refractivity contribution in [2.24, 2.45) is 0 Å². The molecule has 0 aliphatic rings. The van der Waals surface area contributed by atoms with Gasteiger partial charge in [-0.3, -0.25) is 0 Å². The van der Waals surface area contributed by atoms with Crippen LogP contribution in [0.15, 0.2) is 41.3 Å². The SMILES string of the molecule is COc1ccc(OC)c(S(=O)(=O)NCCNc2cccc(C)n2)c1. The van der Waals surface area contributed by atoms with E-state index in [4.69, 9.17) is 9.47 Å². The van der Waals surface area contributed by atoms with E-state index in [2.05, 4.69) is 15.0 Å². The number of benzene rings is 1. The van der Waals surface area contributed by atoms with Crippen LogP contribution in [0, 0.1) is 6.92 Å². The Balaban J connectivity index is 2.01. The highest BCUT2D eigenvalue weighted by Gasteiger charge is 2.20. The van der Waals surface area contributed by atoms with E-state index in [-0.39, 0.29) is 17.2 Å². The Morgan fingerprint density at radius 1 is 1.08 bits per heavy atom. The molecule has 0 saturated heterocycles. The Morgan fingerprint density at radius 3 is 2.54 bits per heavy atom. The van der Waals surface area contributed by atoms with Crippen molar-refractivity contribution < 1.29 is 17.9 Å². The second-order valence-electron chi connectivity index (χ2n) is 5.01. The van der Waals surface area contributed by atoms with Crippen molar-refractivity contribution in [1.29, 1.82) is 0 Å². The van der Waals surface area contributed by atoms with E-state index < -0.39 is 10.0 Å². The first-order chi connectivity index (χ1) is 11.5. The molecular formula is C16H21N3O4S. The molecule has 0 spiro atoms. The van der Waals surface area contributed by atoms with Crippen molar-refractivity contribution in [3.8, 4) is 11.5 Å². The highest BCUT2D eigenvalue weighted by Crippen LogP contribution is 2.27. The Hall–Kier alpha value is -2.32. The van der Waals surface area contributed by atoms with Crippen molar-refractivity contribution in [3.63, 3.8) is 0 Å². The number of sulfonamides is 1. The molecule has 0 unspecified atom stereocenters. The number of nitrogens with one attached hydrogen (secondary N) is 2. The van der Waals surface area contributed by atoms with E-state index >= 15 is 0 Å². The van der Waals surface area contributed by atoms with Gasteiger partial charge in [-0.2, -0.15) is 0 Å². The third-order valence-corrected chi connectivity index (χ3v) is 4.75. The van der Waals surface area contributed by atoms with Gasteiger partial charge in [0.05, 0.1) is 14.2 Å². The predicted octanol–water partition coefficient (Wildman–Crippen LogP) is 1.80. The van der Waals surface area contributed by atoms with Crippen LogP contribution in [-0.4, -0.2) is 40.7 Å². The van der Waals surface area contributed by atoms with E-state index in [0.717, 1.165) is 5.69 Å². The zero-order chi connectivity index (χ0) is 17.6. The van der Waals surface area contributed by atoms with Crippen LogP contribution in [0.5, 0.6) is 11.5 Å². The summed E-state index contributed by atoms with van der Waals surface area (Å²) >= 11 is 0. The number of pyridine rings is 1. The third kappa shape index (κ3) is 4.59. The monoisotopic (exact) mass is 351 g/mol. The van der Waals surface area contributed by atoms with Crippen LogP contribution < -0.4 is 19.5 Å². The van der Waals surface area contributed by atoms with Crippen molar-refractivity contribution in [1.82, 2.24) is 9.71 Å². The van der Waals surface area contributed by atoms with Gasteiger partial charge < -0.3 is 14.8 Å². The number of hydrogen-bond acceptors (Lipinski definition) is 6. The van der Waals surface area contributed by atoms with Crippen LogP contribution in [0.1, 0.15) is 5.69 Å². The van der Waals surface area contributed by atoms with Gasteiger partial charge >= 0.3 is 0 Å². The Kier molecular flexibility index (Phi) is 5.99. The summed E-state index contributed by atoms with van der Waals surface area (Å²) in [6, 6.07) is 10.2. The maximum atomic E-state index is 12.5. The quantitative estimate of drug-likeness (QED) is 0.705. The fourth-order valence-electron chi connectivity index (χ4n) is 2.09. The van der Waals surface area contributed by atoms with Gasteiger partial charge in [-0.25, -0.2) is 18.1 Å². The molecule has 0 bridgehead atoms. The summed E-state index contributed by atoms with van der Waals surface area (Å²) in [5, 5.41) is 3.07. The maximum absolute atomic E-state index is 12.5. The predicted molar refractivity (Wildman–Crippen MR) is 92.2 cm³/mol. The second kappa shape index (κ2) is 7.98. The highest BCUT2D eigenvalue weighted by molar-refractivity contribution is 7.89. The molecule has 130 valence electrons. The number of aromatic nitrogens is 1. The van der Waals surface area contributed by atoms with Crippen molar-refractivity contribution in [2.45, 2.75) is 11.8 Å². The summed E-state index contributed by atoms with van der Waals surface area (Å²) in [5.41, 5.74) is 0.890. The van der Waals surface area contributed by atoms with Gasteiger partial charge in [-0.1, -0.05) is 6.07 Å². The first-order valence-electron chi connectivity index (χ1n) is 7.35. The average Bonchev–Trinajstić information content (AvgIpc) is 2.58. The number of aryl methyl sites for hydroxylation is 1. The lowest BCUT2D eigenvalue weighted by molar-refractivity contribution is 0.392. The maximum Gasteiger partial charge on any atom is 0.244 e. The van der Waals surface area contributed by atoms with Gasteiger partial charge in [0.15, 0.2) is 0 Å². The van der Waals surface area contributed by atoms with Gasteiger partial charge in [0.1, 0.15) is 22.2 Å². The van der Waals surface area contributed by atoms with E-state index in [1.165, 1.54) is 20.3 Å². The van der Waals surface area contributed by atoms with Gasteiger partial charge in [-0.15, -0.1) is 0 Å². The standard InChI is InChI=1S/C16H21N3O4S/c1-12-5-4-6-16(19-12)17-9-10-18-24(20,21)15-11-13(22-2)7-8-14(15)23-3/h4-8,11,18H,9-10H2,1-3H3,(H,17,19). The molecule has 1 aromatic heterocycles. The number of rotatable bonds is 8. The topological polar surface area (TPSA) is 89.5 Å². The summed E-state index contributed by atoms with van der Waals surface area (Å²) in [4.78, 5) is 4.33. The van der Waals surface area contributed by atoms with Crippen molar-refractivity contribution in [3.05, 3.63) is 42.1 Å². The van der Waals surface area contributed by atoms with Crippen molar-refractivity contribution in [2.75, 3.05) is 32.6 Å². The third-order valence-electron chi connectivity index (χ3n) is 3.27. The Morgan fingerprint density at radius 2 is 1.88 bits per heavy atom. The molecule has 2 N–H and O–H groups in total. The van der Waals surface area contributed by atoms with Crippen LogP contribution >= 0.6 is 0 Å². The molecule has 2 aromatic rings. The van der Waals surface area contributed by atoms with E-state index in [1.54, 1.807) is 12.1 Å². The molecule has 24 heavy (non-hydrogen) atoms. The molecule has 0 aliphatic heterocycles. The zero-order valence-corrected chi connectivity index (χ0v) is 14.7. The van der Waals surface area contributed by atoms with Gasteiger partial charge in [-0.05, 0) is 31.2 Å². The minimum atomic E-state index is -3.71. The lowest BCUT2D eigenvalue weighted by atomic mass is 10.3. The fraction of sp³-hybridized carbons (Fsp3) is 0.312. The fourth-order valence-corrected chi connectivity index (χ4v) is 3.30. The first kappa shape index (κ1) is 18.0. The Labute approximate surface area is 142 Å². The van der Waals surface area contributed by atoms with E-state index in [1.807, 2.05) is 25.1 Å². The van der Waals surface area contributed by atoms with Crippen molar-refractivity contribution >= 4 is 15.8 Å². The summed E-state index contributed by atoms with van der Waals surface area (Å²) in [6.45, 7) is 2.50. The van der Waals surface area contributed by atoms with Gasteiger partial charge in [0.2, 0.25) is 10.0 Å². The number of anilines is 1. The normalized spacial score (nSPS) is 11.1. The molecule has 1 aromatic carbocycles. The number of nitrogens with zero attached hydrogens (tertiary/aromatic N) is 1. The van der Waals surface area contributed by atoms with Crippen LogP contribution in [0.4, 0.5) is 5.82 Å². The molecule has 7 nitrogen and oxygen atoms in total. The van der Waals surface area contributed by atoms with E-state index in [0.29, 0.717) is 18.1 Å². The van der Waals surface area contributed by atoms with E-state index in [9.17, 15) is 8.42 Å². The van der Waals surface area contributed by atoms with Crippen LogP contribution in [-0.2, 0) is 10.0 Å². The molecule has 0 saturated carbocycles. The molecule has 0 amide bonds. The molecule has 8 heteroatoms. The smallest absolute Gasteiger partial charge is 0.244 e. The highest BCUT2D eigenvalue weighted by atomic mass is 32.2. The summed E-state index contributed by atoms with van der Waals surface area (Å²) in [7, 11) is -0.815. The zero-order valence-electron chi connectivity index (χ0n) is 13.9. The van der Waals surface area contributed by atoms with Crippen LogP contribution in [0.2, 0.25) is 0 Å². The molecule has 0 radical (unpaired) electrons. The summed E-state index contributed by atoms with van der Waals surface area (Å²) in [5.74, 6) is 1.41. The number of hydrogen-bond donors (Lipinski definition) is 2. The first-order valence-corrected chi connectivity index (χ1v) is 8.84. The van der Waals surface area contributed by atoms with Crippen LogP contribution in [0.3, 0.4) is 0 Å². The minimum absolute atomic E-state index is 0.0398. The molecule has 0 fully saturated rings. The average molecular weight is 351 g/mol. The largest absolute Gasteiger partial charge is 0.497 e. The summed E-state index contributed by atoms with van der Waals surface area (Å²) < 4.78 is 37.6. The lowest BCUT2D eigenvalue weighted by Crippen LogP contribution is -2.29. The lowest BCUT2D eigenvalue weighted by Gasteiger charge is -2.12. The minimum Gasteiger partial charge on any atom is -0.497 e. The second-order valence-corrected chi connectivity index (χ2v) is 6.74. The van der Waals surface area contributed by atoms with Gasteiger partial charge in [0, 0.05) is 24.8 Å². The molecular weight excluding hydrogens is 330 g/mol. The summed E-state index contributed by atoms with van der Waals surface area (Å²) in [6.07, 6.45) is 0. The van der Waals surface area contributed by atoms with Crippen LogP contribution in [0.25, 0.3) is 0 Å².